The SMILES string of the molecule is FC(F)(F)c1cc2c(N3CCCC(Cl)C3)nccn2n1. The van der Waals surface area contributed by atoms with Crippen LogP contribution in [0, 0.1) is 0 Å². The van der Waals surface area contributed by atoms with Crippen LogP contribution in [0.3, 0.4) is 0 Å². The monoisotopic (exact) mass is 304 g/mol. The number of rotatable bonds is 1. The van der Waals surface area contributed by atoms with Crippen molar-refractivity contribution >= 4 is 22.9 Å². The molecule has 1 aliphatic rings. The highest BCUT2D eigenvalue weighted by atomic mass is 35.5. The first-order chi connectivity index (χ1) is 9.45. The lowest BCUT2D eigenvalue weighted by molar-refractivity contribution is -0.141. The number of aromatic nitrogens is 3. The molecular formula is C12H12ClF3N4. The third kappa shape index (κ3) is 2.42. The second kappa shape index (κ2) is 4.80. The summed E-state index contributed by atoms with van der Waals surface area (Å²) in [6.45, 7) is 1.32. The molecule has 2 aromatic rings. The van der Waals surface area contributed by atoms with Crippen molar-refractivity contribution in [3.8, 4) is 0 Å². The van der Waals surface area contributed by atoms with Gasteiger partial charge in [-0.25, -0.2) is 9.50 Å². The molecule has 0 N–H and O–H groups in total. The third-order valence-corrected chi connectivity index (χ3v) is 3.68. The number of nitrogens with zero attached hydrogens (tertiary/aromatic N) is 4. The maximum atomic E-state index is 12.7. The first-order valence-electron chi connectivity index (χ1n) is 6.26. The molecule has 0 saturated carbocycles. The van der Waals surface area contributed by atoms with Crippen LogP contribution < -0.4 is 4.90 Å². The number of piperidine rings is 1. The largest absolute Gasteiger partial charge is 0.435 e. The van der Waals surface area contributed by atoms with Gasteiger partial charge in [0, 0.05) is 31.5 Å². The molecule has 1 atom stereocenters. The van der Waals surface area contributed by atoms with Crippen LogP contribution in [-0.4, -0.2) is 33.1 Å². The number of fused-ring (bicyclic) bond motifs is 1. The Hall–Kier alpha value is -1.50. The van der Waals surface area contributed by atoms with Crippen LogP contribution in [-0.2, 0) is 6.18 Å². The van der Waals surface area contributed by atoms with Crippen molar-refractivity contribution in [3.05, 3.63) is 24.2 Å². The van der Waals surface area contributed by atoms with Crippen molar-refractivity contribution < 1.29 is 13.2 Å². The van der Waals surface area contributed by atoms with Gasteiger partial charge in [0.05, 0.1) is 5.38 Å². The lowest BCUT2D eigenvalue weighted by Crippen LogP contribution is -2.36. The zero-order valence-electron chi connectivity index (χ0n) is 10.4. The lowest BCUT2D eigenvalue weighted by Gasteiger charge is -2.30. The minimum atomic E-state index is -4.46. The summed E-state index contributed by atoms with van der Waals surface area (Å²) in [5, 5.41) is 3.55. The van der Waals surface area contributed by atoms with Crippen molar-refractivity contribution in [2.24, 2.45) is 0 Å². The number of hydrogen-bond donors (Lipinski definition) is 0. The van der Waals surface area contributed by atoms with Gasteiger partial charge in [-0.2, -0.15) is 18.3 Å². The van der Waals surface area contributed by atoms with E-state index in [0.717, 1.165) is 25.5 Å². The minimum Gasteiger partial charge on any atom is -0.353 e. The van der Waals surface area contributed by atoms with Crippen LogP contribution in [0.1, 0.15) is 18.5 Å². The van der Waals surface area contributed by atoms with E-state index in [1.807, 2.05) is 4.90 Å². The maximum absolute atomic E-state index is 12.7. The molecule has 1 aliphatic heterocycles. The number of alkyl halides is 4. The van der Waals surface area contributed by atoms with Crippen LogP contribution >= 0.6 is 11.6 Å². The van der Waals surface area contributed by atoms with E-state index in [-0.39, 0.29) is 5.38 Å². The quantitative estimate of drug-likeness (QED) is 0.760. The lowest BCUT2D eigenvalue weighted by atomic mass is 10.1. The van der Waals surface area contributed by atoms with E-state index in [1.165, 1.54) is 16.9 Å². The molecule has 1 fully saturated rings. The van der Waals surface area contributed by atoms with Gasteiger partial charge in [-0.1, -0.05) is 0 Å². The van der Waals surface area contributed by atoms with Crippen molar-refractivity contribution in [2.45, 2.75) is 24.4 Å². The molecule has 4 nitrogen and oxygen atoms in total. The molecule has 108 valence electrons. The molecule has 8 heteroatoms. The summed E-state index contributed by atoms with van der Waals surface area (Å²) in [4.78, 5) is 6.11. The van der Waals surface area contributed by atoms with Crippen LogP contribution in [0.4, 0.5) is 19.0 Å². The van der Waals surface area contributed by atoms with Gasteiger partial charge in [-0.05, 0) is 12.8 Å². The standard InChI is InChI=1S/C12H12ClF3N4/c13-8-2-1-4-19(7-8)11-9-6-10(12(14,15)16)18-20(9)5-3-17-11/h3,5-6,8H,1-2,4,7H2. The van der Waals surface area contributed by atoms with E-state index in [2.05, 4.69) is 10.1 Å². The first-order valence-corrected chi connectivity index (χ1v) is 6.69. The fourth-order valence-corrected chi connectivity index (χ4v) is 2.73. The van der Waals surface area contributed by atoms with Gasteiger partial charge in [0.15, 0.2) is 11.5 Å². The molecule has 1 unspecified atom stereocenters. The second-order valence-corrected chi connectivity index (χ2v) is 5.41. The normalized spacial score (nSPS) is 20.6. The van der Waals surface area contributed by atoms with Gasteiger partial charge in [0.1, 0.15) is 5.52 Å². The fourth-order valence-electron chi connectivity index (χ4n) is 2.41. The third-order valence-electron chi connectivity index (χ3n) is 3.32. The first kappa shape index (κ1) is 13.5. The van der Waals surface area contributed by atoms with Gasteiger partial charge in [0.25, 0.3) is 0 Å². The molecule has 0 radical (unpaired) electrons. The highest BCUT2D eigenvalue weighted by Crippen LogP contribution is 2.31. The van der Waals surface area contributed by atoms with Crippen LogP contribution in [0.25, 0.3) is 5.52 Å². The Morgan fingerprint density at radius 3 is 2.85 bits per heavy atom. The summed E-state index contributed by atoms with van der Waals surface area (Å²) in [5.74, 6) is 0.501. The van der Waals surface area contributed by atoms with E-state index in [4.69, 9.17) is 11.6 Å². The van der Waals surface area contributed by atoms with E-state index >= 15 is 0 Å². The zero-order valence-corrected chi connectivity index (χ0v) is 11.2. The van der Waals surface area contributed by atoms with Crippen molar-refractivity contribution in [1.82, 2.24) is 14.6 Å². The van der Waals surface area contributed by atoms with Gasteiger partial charge in [-0.3, -0.25) is 0 Å². The van der Waals surface area contributed by atoms with Gasteiger partial charge >= 0.3 is 6.18 Å². The van der Waals surface area contributed by atoms with E-state index in [9.17, 15) is 13.2 Å². The predicted molar refractivity (Wildman–Crippen MR) is 69.1 cm³/mol. The summed E-state index contributed by atoms with van der Waals surface area (Å²) in [7, 11) is 0. The maximum Gasteiger partial charge on any atom is 0.435 e. The van der Waals surface area contributed by atoms with Crippen molar-refractivity contribution in [3.63, 3.8) is 0 Å². The Morgan fingerprint density at radius 2 is 2.15 bits per heavy atom. The Kier molecular flexibility index (Phi) is 3.24. The average molecular weight is 305 g/mol. The Bertz CT molecular complexity index is 625. The van der Waals surface area contributed by atoms with Crippen LogP contribution in [0.2, 0.25) is 0 Å². The van der Waals surface area contributed by atoms with E-state index in [1.54, 1.807) is 0 Å². The molecule has 20 heavy (non-hydrogen) atoms. The average Bonchev–Trinajstić information content (AvgIpc) is 2.82. The van der Waals surface area contributed by atoms with Crippen molar-refractivity contribution in [1.29, 1.82) is 0 Å². The molecule has 3 heterocycles. The van der Waals surface area contributed by atoms with Gasteiger partial charge < -0.3 is 4.90 Å². The number of hydrogen-bond acceptors (Lipinski definition) is 3. The van der Waals surface area contributed by atoms with Crippen molar-refractivity contribution in [2.75, 3.05) is 18.0 Å². The number of anilines is 1. The molecule has 0 amide bonds. The Morgan fingerprint density at radius 1 is 1.35 bits per heavy atom. The summed E-state index contributed by atoms with van der Waals surface area (Å²) < 4.78 is 39.4. The van der Waals surface area contributed by atoms with E-state index < -0.39 is 11.9 Å². The summed E-state index contributed by atoms with van der Waals surface area (Å²) in [6.07, 6.45) is 0.217. The zero-order chi connectivity index (χ0) is 14.3. The molecular weight excluding hydrogens is 293 g/mol. The molecule has 0 bridgehead atoms. The smallest absolute Gasteiger partial charge is 0.353 e. The Labute approximate surface area is 118 Å². The molecule has 0 aromatic carbocycles. The van der Waals surface area contributed by atoms with Crippen LogP contribution in [0.15, 0.2) is 18.5 Å². The summed E-state index contributed by atoms with van der Waals surface area (Å²) in [5.41, 5.74) is -0.559. The molecule has 0 spiro atoms. The highest BCUT2D eigenvalue weighted by Gasteiger charge is 2.35. The summed E-state index contributed by atoms with van der Waals surface area (Å²) >= 11 is 6.12. The van der Waals surface area contributed by atoms with Crippen LogP contribution in [0.5, 0.6) is 0 Å². The molecule has 3 rings (SSSR count). The fraction of sp³-hybridized carbons (Fsp3) is 0.500. The number of halogens is 4. The van der Waals surface area contributed by atoms with Gasteiger partial charge in [-0.15, -0.1) is 11.6 Å². The molecule has 1 saturated heterocycles. The highest BCUT2D eigenvalue weighted by molar-refractivity contribution is 6.21. The van der Waals surface area contributed by atoms with E-state index in [0.29, 0.717) is 17.9 Å². The second-order valence-electron chi connectivity index (χ2n) is 4.79. The Balaban J connectivity index is 2.04. The molecule has 2 aromatic heterocycles. The topological polar surface area (TPSA) is 33.4 Å². The predicted octanol–water partition coefficient (Wildman–Crippen LogP) is 2.96. The summed E-state index contributed by atoms with van der Waals surface area (Å²) in [6, 6.07) is 1.03. The minimum absolute atomic E-state index is 0.00388. The van der Waals surface area contributed by atoms with Gasteiger partial charge in [0.2, 0.25) is 0 Å². The molecule has 0 aliphatic carbocycles.